The Kier molecular flexibility index (Phi) is 5.69. The molecule has 0 aliphatic carbocycles. The summed E-state index contributed by atoms with van der Waals surface area (Å²) in [4.78, 5) is 4.20. The van der Waals surface area contributed by atoms with Crippen LogP contribution < -0.4 is 5.32 Å². The molecule has 4 aromatic rings. The Morgan fingerprint density at radius 1 is 0.933 bits per heavy atom. The second kappa shape index (κ2) is 8.41. The van der Waals surface area contributed by atoms with Crippen molar-refractivity contribution in [3.05, 3.63) is 94.7 Å². The van der Waals surface area contributed by atoms with Gasteiger partial charge >= 0.3 is 0 Å². The van der Waals surface area contributed by atoms with Gasteiger partial charge in [0.2, 0.25) is 26.6 Å². The van der Waals surface area contributed by atoms with E-state index in [9.17, 15) is 12.8 Å². The van der Waals surface area contributed by atoms with Crippen LogP contribution in [0.1, 0.15) is 5.56 Å². The van der Waals surface area contributed by atoms with Crippen LogP contribution in [0.4, 0.5) is 10.3 Å². The van der Waals surface area contributed by atoms with E-state index in [0.717, 1.165) is 22.2 Å². The molecule has 1 heterocycles. The molecule has 0 saturated carbocycles. The van der Waals surface area contributed by atoms with Crippen molar-refractivity contribution < 1.29 is 17.2 Å². The quantitative estimate of drug-likeness (QED) is 0.354. The first-order valence-electron chi connectivity index (χ1n) is 8.99. The molecular formula is C22H16BrFN2O3S. The van der Waals surface area contributed by atoms with E-state index in [0.29, 0.717) is 12.1 Å². The molecule has 0 saturated heterocycles. The summed E-state index contributed by atoms with van der Waals surface area (Å²) in [5.41, 5.74) is 1.57. The maximum absolute atomic E-state index is 13.3. The fourth-order valence-electron chi connectivity index (χ4n) is 2.82. The van der Waals surface area contributed by atoms with Gasteiger partial charge in [0.15, 0.2) is 0 Å². The first-order valence-corrected chi connectivity index (χ1v) is 11.3. The number of anilines is 1. The highest BCUT2D eigenvalue weighted by molar-refractivity contribution is 9.10. The van der Waals surface area contributed by atoms with Gasteiger partial charge in [-0.05, 0) is 54.1 Å². The zero-order valence-corrected chi connectivity index (χ0v) is 18.0. The number of halogens is 2. The van der Waals surface area contributed by atoms with Crippen molar-refractivity contribution in [3.8, 4) is 11.5 Å². The third-order valence-corrected chi connectivity index (χ3v) is 6.57. The number of nitrogens with zero attached hydrogens (tertiary/aromatic N) is 1. The van der Waals surface area contributed by atoms with Gasteiger partial charge in [-0.1, -0.05) is 46.3 Å². The van der Waals surface area contributed by atoms with Gasteiger partial charge in [-0.2, -0.15) is 4.98 Å². The van der Waals surface area contributed by atoms with Crippen molar-refractivity contribution in [2.24, 2.45) is 0 Å². The van der Waals surface area contributed by atoms with Crippen LogP contribution in [0.2, 0.25) is 0 Å². The Labute approximate surface area is 181 Å². The third-order valence-electron chi connectivity index (χ3n) is 4.36. The lowest BCUT2D eigenvalue weighted by Gasteiger charge is -2.06. The summed E-state index contributed by atoms with van der Waals surface area (Å²) in [6, 6.07) is 21.3. The van der Waals surface area contributed by atoms with E-state index in [1.54, 1.807) is 12.1 Å². The summed E-state index contributed by atoms with van der Waals surface area (Å²) >= 11 is 3.37. The van der Waals surface area contributed by atoms with Crippen molar-refractivity contribution in [2.75, 3.05) is 5.32 Å². The molecule has 0 fully saturated rings. The lowest BCUT2D eigenvalue weighted by Crippen LogP contribution is -2.07. The topological polar surface area (TPSA) is 72.2 Å². The second-order valence-electron chi connectivity index (χ2n) is 6.46. The average Bonchev–Trinajstić information content (AvgIpc) is 3.19. The lowest BCUT2D eigenvalue weighted by atomic mass is 10.2. The molecule has 5 nitrogen and oxygen atoms in total. The summed E-state index contributed by atoms with van der Waals surface area (Å²) in [5.74, 6) is -0.327. The molecule has 0 spiro atoms. The Morgan fingerprint density at radius 3 is 2.27 bits per heavy atom. The number of rotatable bonds is 6. The number of oxazole rings is 1. The standard InChI is InChI=1S/C22H16BrFN2O3S/c23-17-8-6-16(7-9-17)20-26-22(30(27,28)19-12-10-18(24)11-13-19)21(29-20)25-14-15-4-2-1-3-5-15/h1-13,25H,14H2. The van der Waals surface area contributed by atoms with Crippen LogP contribution in [0.3, 0.4) is 0 Å². The molecule has 8 heteroatoms. The Hall–Kier alpha value is -2.97. The van der Waals surface area contributed by atoms with Crippen molar-refractivity contribution in [2.45, 2.75) is 16.5 Å². The van der Waals surface area contributed by atoms with Gasteiger partial charge in [-0.15, -0.1) is 0 Å². The largest absolute Gasteiger partial charge is 0.419 e. The molecule has 0 unspecified atom stereocenters. The highest BCUT2D eigenvalue weighted by atomic mass is 79.9. The van der Waals surface area contributed by atoms with Crippen LogP contribution in [-0.4, -0.2) is 13.4 Å². The predicted molar refractivity (Wildman–Crippen MR) is 115 cm³/mol. The SMILES string of the molecule is O=S(=O)(c1ccc(F)cc1)c1nc(-c2ccc(Br)cc2)oc1NCc1ccccc1. The maximum atomic E-state index is 13.3. The van der Waals surface area contributed by atoms with E-state index >= 15 is 0 Å². The van der Waals surface area contributed by atoms with Crippen LogP contribution in [0, 0.1) is 5.82 Å². The van der Waals surface area contributed by atoms with E-state index in [4.69, 9.17) is 4.42 Å². The first-order chi connectivity index (χ1) is 14.4. The molecule has 1 N–H and O–H groups in total. The molecule has 1 aromatic heterocycles. The minimum absolute atomic E-state index is 0.0288. The van der Waals surface area contributed by atoms with E-state index in [1.807, 2.05) is 42.5 Å². The number of hydrogen-bond acceptors (Lipinski definition) is 5. The van der Waals surface area contributed by atoms with Gasteiger partial charge in [-0.3, -0.25) is 0 Å². The summed E-state index contributed by atoms with van der Waals surface area (Å²) in [6.45, 7) is 0.349. The van der Waals surface area contributed by atoms with Crippen LogP contribution in [0.5, 0.6) is 0 Å². The molecule has 4 rings (SSSR count). The molecule has 0 atom stereocenters. The summed E-state index contributed by atoms with van der Waals surface area (Å²) in [7, 11) is -4.03. The zero-order valence-electron chi connectivity index (χ0n) is 15.5. The van der Waals surface area contributed by atoms with E-state index < -0.39 is 15.7 Å². The van der Waals surface area contributed by atoms with Crippen LogP contribution in [0.15, 0.2) is 97.7 Å². The number of aromatic nitrogens is 1. The molecular weight excluding hydrogens is 471 g/mol. The van der Waals surface area contributed by atoms with Gasteiger partial charge in [-0.25, -0.2) is 12.8 Å². The van der Waals surface area contributed by atoms with Gasteiger partial charge in [0.05, 0.1) is 4.90 Å². The minimum atomic E-state index is -4.03. The number of nitrogens with one attached hydrogen (secondary N) is 1. The smallest absolute Gasteiger partial charge is 0.234 e. The Bertz CT molecular complexity index is 1260. The molecule has 0 radical (unpaired) electrons. The van der Waals surface area contributed by atoms with E-state index in [1.165, 1.54) is 12.1 Å². The number of sulfone groups is 1. The fraction of sp³-hybridized carbons (Fsp3) is 0.0455. The first kappa shape index (κ1) is 20.3. The van der Waals surface area contributed by atoms with Gasteiger partial charge in [0.25, 0.3) is 0 Å². The molecule has 0 bridgehead atoms. The molecule has 0 amide bonds. The fourth-order valence-corrected chi connectivity index (χ4v) is 4.36. The average molecular weight is 487 g/mol. The normalized spacial score (nSPS) is 11.4. The van der Waals surface area contributed by atoms with Crippen LogP contribution in [0.25, 0.3) is 11.5 Å². The number of hydrogen-bond donors (Lipinski definition) is 1. The van der Waals surface area contributed by atoms with Crippen molar-refractivity contribution in [1.29, 1.82) is 0 Å². The molecule has 30 heavy (non-hydrogen) atoms. The highest BCUT2D eigenvalue weighted by Crippen LogP contribution is 2.33. The van der Waals surface area contributed by atoms with Crippen LogP contribution in [-0.2, 0) is 16.4 Å². The predicted octanol–water partition coefficient (Wildman–Crippen LogP) is 5.69. The molecule has 0 aliphatic heterocycles. The van der Waals surface area contributed by atoms with E-state index in [2.05, 4.69) is 26.2 Å². The molecule has 152 valence electrons. The van der Waals surface area contributed by atoms with Gasteiger partial charge in [0.1, 0.15) is 5.82 Å². The Morgan fingerprint density at radius 2 is 1.60 bits per heavy atom. The molecule has 3 aromatic carbocycles. The number of benzene rings is 3. The highest BCUT2D eigenvalue weighted by Gasteiger charge is 2.28. The van der Waals surface area contributed by atoms with Crippen molar-refractivity contribution in [3.63, 3.8) is 0 Å². The minimum Gasteiger partial charge on any atom is -0.419 e. The molecule has 0 aliphatic rings. The van der Waals surface area contributed by atoms with Crippen molar-refractivity contribution >= 4 is 31.7 Å². The summed E-state index contributed by atoms with van der Waals surface area (Å²) in [6.07, 6.45) is 0. The second-order valence-corrected chi connectivity index (χ2v) is 9.24. The van der Waals surface area contributed by atoms with Gasteiger partial charge < -0.3 is 9.73 Å². The maximum Gasteiger partial charge on any atom is 0.234 e. The summed E-state index contributed by atoms with van der Waals surface area (Å²) < 4.78 is 46.3. The van der Waals surface area contributed by atoms with E-state index in [-0.39, 0.29) is 21.7 Å². The Balaban J connectivity index is 1.76. The monoisotopic (exact) mass is 486 g/mol. The zero-order chi connectivity index (χ0) is 21.1. The lowest BCUT2D eigenvalue weighted by molar-refractivity contribution is 0.576. The summed E-state index contributed by atoms with van der Waals surface area (Å²) in [5, 5.41) is 2.78. The van der Waals surface area contributed by atoms with Crippen LogP contribution >= 0.6 is 15.9 Å². The van der Waals surface area contributed by atoms with Crippen molar-refractivity contribution in [1.82, 2.24) is 4.98 Å². The van der Waals surface area contributed by atoms with Gasteiger partial charge in [0, 0.05) is 16.6 Å². The third kappa shape index (κ3) is 4.29.